The molecule has 222 valence electrons. The minimum Gasteiger partial charge on any atom is -0.379 e. The highest BCUT2D eigenvalue weighted by Crippen LogP contribution is 2.55. The summed E-state index contributed by atoms with van der Waals surface area (Å²) in [7, 11) is 1.58. The SMILES string of the molecule is C=CC(=O)N1CCN(C2=NC(=C)N3c4c2cc(C(F)(F)F)c(-c2ccc(F)c5sc(NC)c(C#N)c25)c4SCC3C)CC1. The number of piperazine rings is 1. The number of halogens is 4. The minimum absolute atomic E-state index is 0.0921. The lowest BCUT2D eigenvalue weighted by Crippen LogP contribution is -2.52. The minimum atomic E-state index is -4.78. The highest BCUT2D eigenvalue weighted by atomic mass is 32.2. The molecule has 6 rings (SSSR count). The highest BCUT2D eigenvalue weighted by Gasteiger charge is 2.43. The topological polar surface area (TPSA) is 75.0 Å². The average molecular weight is 627 g/mol. The lowest BCUT2D eigenvalue weighted by molar-refractivity contribution is -0.137. The first-order chi connectivity index (χ1) is 20.5. The summed E-state index contributed by atoms with van der Waals surface area (Å²) < 4.78 is 60.4. The Morgan fingerprint density at radius 2 is 1.95 bits per heavy atom. The molecule has 1 saturated heterocycles. The number of amidine groups is 1. The number of amides is 1. The summed E-state index contributed by atoms with van der Waals surface area (Å²) in [4.78, 5) is 22.6. The van der Waals surface area contributed by atoms with E-state index >= 15 is 17.6 Å². The quantitative estimate of drug-likeness (QED) is 0.264. The molecule has 13 heteroatoms. The predicted molar refractivity (Wildman–Crippen MR) is 163 cm³/mol. The Bertz CT molecular complexity index is 1780. The van der Waals surface area contributed by atoms with Gasteiger partial charge < -0.3 is 20.0 Å². The van der Waals surface area contributed by atoms with E-state index in [1.165, 1.54) is 23.9 Å². The monoisotopic (exact) mass is 626 g/mol. The average Bonchev–Trinajstić information content (AvgIpc) is 3.38. The normalized spacial score (nSPS) is 18.3. The van der Waals surface area contributed by atoms with Crippen molar-refractivity contribution >= 4 is 55.6 Å². The van der Waals surface area contributed by atoms with Gasteiger partial charge in [-0.3, -0.25) is 4.79 Å². The highest BCUT2D eigenvalue weighted by molar-refractivity contribution is 7.99. The summed E-state index contributed by atoms with van der Waals surface area (Å²) in [5.41, 5.74) is 0.139. The van der Waals surface area contributed by atoms with Crippen LogP contribution in [-0.2, 0) is 11.0 Å². The van der Waals surface area contributed by atoms with E-state index in [4.69, 9.17) is 4.99 Å². The smallest absolute Gasteiger partial charge is 0.379 e. The Morgan fingerprint density at radius 1 is 1.23 bits per heavy atom. The predicted octanol–water partition coefficient (Wildman–Crippen LogP) is 6.50. The van der Waals surface area contributed by atoms with Crippen molar-refractivity contribution in [2.45, 2.75) is 24.0 Å². The molecule has 1 aromatic heterocycles. The van der Waals surface area contributed by atoms with Crippen LogP contribution in [0, 0.1) is 17.1 Å². The van der Waals surface area contributed by atoms with Gasteiger partial charge in [0.15, 0.2) is 0 Å². The second kappa shape index (κ2) is 10.6. The van der Waals surface area contributed by atoms with Crippen LogP contribution in [0.3, 0.4) is 0 Å². The third kappa shape index (κ3) is 4.55. The Labute approximate surface area is 253 Å². The lowest BCUT2D eigenvalue weighted by Gasteiger charge is -2.44. The molecular formula is C30H26F4N6OS2. The molecule has 0 spiro atoms. The molecule has 4 heterocycles. The van der Waals surface area contributed by atoms with Crippen molar-refractivity contribution in [2.24, 2.45) is 4.99 Å². The van der Waals surface area contributed by atoms with Gasteiger partial charge in [0.05, 0.1) is 21.5 Å². The maximum absolute atomic E-state index is 15.1. The molecule has 7 nitrogen and oxygen atoms in total. The molecule has 3 aliphatic heterocycles. The third-order valence-electron chi connectivity index (χ3n) is 7.93. The number of benzene rings is 2. The van der Waals surface area contributed by atoms with Gasteiger partial charge in [0.2, 0.25) is 5.91 Å². The van der Waals surface area contributed by atoms with Crippen molar-refractivity contribution in [3.63, 3.8) is 0 Å². The summed E-state index contributed by atoms with van der Waals surface area (Å²) in [6.07, 6.45) is -3.53. The van der Waals surface area contributed by atoms with Crippen molar-refractivity contribution < 1.29 is 22.4 Å². The number of aliphatic imine (C=N–C) groups is 1. The first-order valence-corrected chi connectivity index (χ1v) is 15.3. The van der Waals surface area contributed by atoms with Crippen LogP contribution in [0.4, 0.5) is 28.3 Å². The molecule has 43 heavy (non-hydrogen) atoms. The van der Waals surface area contributed by atoms with Crippen molar-refractivity contribution in [1.29, 1.82) is 5.26 Å². The fraction of sp³-hybridized carbons (Fsp3) is 0.300. The summed E-state index contributed by atoms with van der Waals surface area (Å²) in [6, 6.07) is 5.58. The van der Waals surface area contributed by atoms with Gasteiger partial charge in [0, 0.05) is 66.4 Å². The first-order valence-electron chi connectivity index (χ1n) is 13.5. The maximum Gasteiger partial charge on any atom is 0.417 e. The molecule has 0 saturated carbocycles. The number of thiophene rings is 1. The molecular weight excluding hydrogens is 600 g/mol. The Balaban J connectivity index is 1.63. The van der Waals surface area contributed by atoms with Crippen molar-refractivity contribution in [1.82, 2.24) is 9.80 Å². The molecule has 1 unspecified atom stereocenters. The summed E-state index contributed by atoms with van der Waals surface area (Å²) in [6.45, 7) is 11.2. The molecule has 1 amide bonds. The van der Waals surface area contributed by atoms with E-state index in [9.17, 15) is 10.1 Å². The number of thioether (sulfide) groups is 1. The molecule has 0 aliphatic carbocycles. The Kier molecular flexibility index (Phi) is 7.17. The van der Waals surface area contributed by atoms with Crippen LogP contribution in [0.25, 0.3) is 21.2 Å². The van der Waals surface area contributed by atoms with Gasteiger partial charge in [0.25, 0.3) is 0 Å². The zero-order valence-electron chi connectivity index (χ0n) is 23.3. The standard InChI is InChI=1S/C30H26F4N6OS2/c1-5-22(41)38-8-10-39(11-9-38)28-18-12-20(30(32,33)34)24(27-25(18)40(16(3)37-28)15(2)14-42-27)17-6-7-21(31)26-23(17)19(13-35)29(36-4)43-26/h5-7,12,15,36H,1,3,8-11,14H2,2,4H3. The number of fused-ring (bicyclic) bond motifs is 1. The number of anilines is 2. The third-order valence-corrected chi connectivity index (χ3v) is 10.5. The molecule has 0 radical (unpaired) electrons. The second-order valence-electron chi connectivity index (χ2n) is 10.4. The van der Waals surface area contributed by atoms with Crippen LogP contribution in [0.1, 0.15) is 23.6 Å². The van der Waals surface area contributed by atoms with E-state index in [0.29, 0.717) is 64.7 Å². The van der Waals surface area contributed by atoms with Gasteiger partial charge in [-0.1, -0.05) is 19.2 Å². The molecule has 1 atom stereocenters. The lowest BCUT2D eigenvalue weighted by atomic mass is 9.90. The number of carbonyl (C=O) groups excluding carboxylic acids is 1. The Morgan fingerprint density at radius 3 is 2.58 bits per heavy atom. The fourth-order valence-electron chi connectivity index (χ4n) is 5.98. The van der Waals surface area contributed by atoms with Gasteiger partial charge in [-0.15, -0.1) is 23.1 Å². The van der Waals surface area contributed by atoms with Crippen molar-refractivity contribution in [2.75, 3.05) is 49.2 Å². The van der Waals surface area contributed by atoms with Crippen molar-refractivity contribution in [3.05, 3.63) is 65.8 Å². The number of nitrogens with zero attached hydrogens (tertiary/aromatic N) is 5. The summed E-state index contributed by atoms with van der Waals surface area (Å²) in [5, 5.41) is 13.4. The van der Waals surface area contributed by atoms with E-state index in [1.54, 1.807) is 11.9 Å². The molecule has 1 N–H and O–H groups in total. The van der Waals surface area contributed by atoms with E-state index in [-0.39, 0.29) is 38.7 Å². The zero-order chi connectivity index (χ0) is 30.8. The van der Waals surface area contributed by atoms with Crippen LogP contribution < -0.4 is 10.2 Å². The summed E-state index contributed by atoms with van der Waals surface area (Å²) in [5.74, 6) is 0.422. The van der Waals surface area contributed by atoms with Gasteiger partial charge in [0.1, 0.15) is 28.5 Å². The van der Waals surface area contributed by atoms with E-state index in [0.717, 1.165) is 23.5 Å². The second-order valence-corrected chi connectivity index (χ2v) is 12.4. The summed E-state index contributed by atoms with van der Waals surface area (Å²) >= 11 is 2.30. The molecule has 2 aromatic carbocycles. The van der Waals surface area contributed by atoms with Gasteiger partial charge >= 0.3 is 6.18 Å². The Hall–Kier alpha value is -4.02. The maximum atomic E-state index is 15.1. The van der Waals surface area contributed by atoms with E-state index in [2.05, 4.69) is 24.5 Å². The fourth-order valence-corrected chi connectivity index (χ4v) is 8.28. The number of nitriles is 1. The van der Waals surface area contributed by atoms with Gasteiger partial charge in [-0.25, -0.2) is 9.38 Å². The number of nitrogens with one attached hydrogen (secondary N) is 1. The molecule has 3 aromatic rings. The van der Waals surface area contributed by atoms with Gasteiger partial charge in [-0.05, 0) is 30.7 Å². The number of rotatable bonds is 3. The molecule has 1 fully saturated rings. The van der Waals surface area contributed by atoms with Crippen molar-refractivity contribution in [3.8, 4) is 17.2 Å². The number of hydrogen-bond acceptors (Lipinski definition) is 8. The number of alkyl halides is 3. The zero-order valence-corrected chi connectivity index (χ0v) is 24.9. The van der Waals surface area contributed by atoms with Crippen LogP contribution >= 0.6 is 23.1 Å². The largest absolute Gasteiger partial charge is 0.417 e. The molecule has 0 bridgehead atoms. The van der Waals surface area contributed by atoms with Crippen LogP contribution in [0.2, 0.25) is 0 Å². The number of hydrogen-bond donors (Lipinski definition) is 1. The van der Waals surface area contributed by atoms with Crippen LogP contribution in [-0.4, -0.2) is 66.6 Å². The first kappa shape index (κ1) is 29.1. The van der Waals surface area contributed by atoms with E-state index in [1.807, 2.05) is 16.7 Å². The van der Waals surface area contributed by atoms with E-state index < -0.39 is 17.6 Å². The number of carbonyl (C=O) groups is 1. The molecule has 3 aliphatic rings. The van der Waals surface area contributed by atoms with Crippen LogP contribution in [0.15, 0.2) is 53.1 Å². The van der Waals surface area contributed by atoms with Gasteiger partial charge in [-0.2, -0.15) is 18.4 Å². The van der Waals surface area contributed by atoms with Crippen LogP contribution in [0.5, 0.6) is 0 Å².